The van der Waals surface area contributed by atoms with Crippen LogP contribution in [0, 0.1) is 0 Å². The largest absolute Gasteiger partial charge is 0.467 e. The van der Waals surface area contributed by atoms with Gasteiger partial charge in [-0.05, 0) is 31.4 Å². The zero-order chi connectivity index (χ0) is 13.7. The van der Waals surface area contributed by atoms with Crippen molar-refractivity contribution < 1.29 is 19.1 Å². The Labute approximate surface area is 112 Å². The lowest BCUT2D eigenvalue weighted by Crippen LogP contribution is -2.49. The molecular weight excluding hydrogens is 246 g/mol. The van der Waals surface area contributed by atoms with Crippen LogP contribution in [0.4, 0.5) is 4.79 Å². The van der Waals surface area contributed by atoms with Crippen LogP contribution in [0.15, 0.2) is 30.3 Å². The van der Waals surface area contributed by atoms with Gasteiger partial charge < -0.3 is 9.47 Å². The molecule has 5 heteroatoms. The summed E-state index contributed by atoms with van der Waals surface area (Å²) in [5, 5.41) is 0. The molecule has 0 aromatic heterocycles. The van der Waals surface area contributed by atoms with E-state index in [9.17, 15) is 9.59 Å². The van der Waals surface area contributed by atoms with Crippen molar-refractivity contribution in [2.24, 2.45) is 0 Å². The molecule has 102 valence electrons. The molecule has 1 atom stereocenters. The Hall–Kier alpha value is -2.04. The van der Waals surface area contributed by atoms with Crippen molar-refractivity contribution in [2.75, 3.05) is 13.7 Å². The molecule has 0 N–H and O–H groups in total. The number of carbonyl (C=O) groups is 2. The SMILES string of the molecule is COC(=O)C1CCCCN1C(=O)Oc1ccccc1. The zero-order valence-electron chi connectivity index (χ0n) is 10.9. The first kappa shape index (κ1) is 13.4. The zero-order valence-corrected chi connectivity index (χ0v) is 10.9. The normalized spacial score (nSPS) is 18.8. The highest BCUT2D eigenvalue weighted by atomic mass is 16.6. The summed E-state index contributed by atoms with van der Waals surface area (Å²) in [5.74, 6) is 0.0893. The van der Waals surface area contributed by atoms with Crippen molar-refractivity contribution in [2.45, 2.75) is 25.3 Å². The number of benzene rings is 1. The Morgan fingerprint density at radius 2 is 1.95 bits per heavy atom. The first-order valence-electron chi connectivity index (χ1n) is 6.33. The third kappa shape index (κ3) is 3.24. The van der Waals surface area contributed by atoms with Gasteiger partial charge in [0.05, 0.1) is 7.11 Å². The third-order valence-electron chi connectivity index (χ3n) is 3.16. The van der Waals surface area contributed by atoms with E-state index in [1.165, 1.54) is 12.0 Å². The molecule has 1 aromatic carbocycles. The number of para-hydroxylation sites is 1. The number of hydrogen-bond acceptors (Lipinski definition) is 4. The minimum absolute atomic E-state index is 0.385. The van der Waals surface area contributed by atoms with Gasteiger partial charge in [-0.25, -0.2) is 9.59 Å². The van der Waals surface area contributed by atoms with E-state index in [4.69, 9.17) is 9.47 Å². The second-order valence-electron chi connectivity index (χ2n) is 4.41. The van der Waals surface area contributed by atoms with Crippen molar-refractivity contribution >= 4 is 12.1 Å². The summed E-state index contributed by atoms with van der Waals surface area (Å²) in [4.78, 5) is 25.2. The lowest BCUT2D eigenvalue weighted by Gasteiger charge is -2.32. The van der Waals surface area contributed by atoms with Crippen LogP contribution in [0.2, 0.25) is 0 Å². The number of amides is 1. The number of piperidine rings is 1. The smallest absolute Gasteiger partial charge is 0.415 e. The monoisotopic (exact) mass is 263 g/mol. The van der Waals surface area contributed by atoms with Crippen LogP contribution in [0.25, 0.3) is 0 Å². The van der Waals surface area contributed by atoms with Gasteiger partial charge in [-0.15, -0.1) is 0 Å². The maximum absolute atomic E-state index is 12.1. The van der Waals surface area contributed by atoms with Crippen molar-refractivity contribution in [3.05, 3.63) is 30.3 Å². The summed E-state index contributed by atoms with van der Waals surface area (Å²) in [5.41, 5.74) is 0. The average molecular weight is 263 g/mol. The number of carbonyl (C=O) groups excluding carboxylic acids is 2. The van der Waals surface area contributed by atoms with Crippen molar-refractivity contribution in [3.8, 4) is 5.75 Å². The lowest BCUT2D eigenvalue weighted by atomic mass is 10.0. The van der Waals surface area contributed by atoms with E-state index in [2.05, 4.69) is 0 Å². The predicted octanol–water partition coefficient (Wildman–Crippen LogP) is 2.21. The summed E-state index contributed by atoms with van der Waals surface area (Å²) < 4.78 is 9.99. The minimum atomic E-state index is -0.532. The topological polar surface area (TPSA) is 55.8 Å². The first-order valence-corrected chi connectivity index (χ1v) is 6.33. The van der Waals surface area contributed by atoms with E-state index in [1.807, 2.05) is 6.07 Å². The van der Waals surface area contributed by atoms with Crippen LogP contribution < -0.4 is 4.74 Å². The summed E-state index contributed by atoms with van der Waals surface area (Å²) in [7, 11) is 1.33. The van der Waals surface area contributed by atoms with E-state index in [1.54, 1.807) is 24.3 Å². The van der Waals surface area contributed by atoms with Gasteiger partial charge in [0.2, 0.25) is 0 Å². The van der Waals surface area contributed by atoms with Crippen LogP contribution in [0.3, 0.4) is 0 Å². The van der Waals surface area contributed by atoms with Gasteiger partial charge in [0, 0.05) is 6.54 Å². The molecule has 0 spiro atoms. The molecule has 5 nitrogen and oxygen atoms in total. The number of esters is 1. The van der Waals surface area contributed by atoms with Gasteiger partial charge in [-0.2, -0.15) is 0 Å². The predicted molar refractivity (Wildman–Crippen MR) is 68.8 cm³/mol. The van der Waals surface area contributed by atoms with Gasteiger partial charge in [-0.3, -0.25) is 4.90 Å². The van der Waals surface area contributed by atoms with Crippen molar-refractivity contribution in [1.29, 1.82) is 0 Å². The van der Waals surface area contributed by atoms with Gasteiger partial charge in [0.1, 0.15) is 11.8 Å². The summed E-state index contributed by atoms with van der Waals surface area (Å²) in [6, 6.07) is 8.29. The van der Waals surface area contributed by atoms with Gasteiger partial charge >= 0.3 is 12.1 Å². The minimum Gasteiger partial charge on any atom is -0.467 e. The molecule has 1 amide bonds. The molecule has 0 saturated carbocycles. The molecule has 1 aliphatic heterocycles. The van der Waals surface area contributed by atoms with Crippen LogP contribution in [0.5, 0.6) is 5.75 Å². The Balaban J connectivity index is 2.05. The standard InChI is InChI=1S/C14H17NO4/c1-18-13(16)12-9-5-6-10-15(12)14(17)19-11-7-3-2-4-8-11/h2-4,7-8,12H,5-6,9-10H2,1H3. The Bertz CT molecular complexity index is 446. The molecule has 0 bridgehead atoms. The number of ether oxygens (including phenoxy) is 2. The Kier molecular flexibility index (Phi) is 4.39. The highest BCUT2D eigenvalue weighted by Gasteiger charge is 2.34. The Morgan fingerprint density at radius 3 is 2.63 bits per heavy atom. The van der Waals surface area contributed by atoms with Crippen molar-refractivity contribution in [3.63, 3.8) is 0 Å². The van der Waals surface area contributed by atoms with E-state index >= 15 is 0 Å². The molecule has 1 unspecified atom stereocenters. The molecular formula is C14H17NO4. The molecule has 1 aliphatic rings. The maximum atomic E-state index is 12.1. The summed E-state index contributed by atoms with van der Waals surface area (Å²) in [6.07, 6.45) is 1.91. The molecule has 2 rings (SSSR count). The van der Waals surface area contributed by atoms with E-state index < -0.39 is 12.1 Å². The van der Waals surface area contributed by atoms with E-state index in [-0.39, 0.29) is 5.97 Å². The number of nitrogens with zero attached hydrogens (tertiary/aromatic N) is 1. The highest BCUT2D eigenvalue weighted by Crippen LogP contribution is 2.20. The second-order valence-corrected chi connectivity index (χ2v) is 4.41. The first-order chi connectivity index (χ1) is 9.22. The van der Waals surface area contributed by atoms with Gasteiger partial charge in [0.25, 0.3) is 0 Å². The number of rotatable bonds is 2. The van der Waals surface area contributed by atoms with Gasteiger partial charge in [0.15, 0.2) is 0 Å². The molecule has 0 radical (unpaired) electrons. The van der Waals surface area contributed by atoms with Crippen LogP contribution in [-0.4, -0.2) is 36.7 Å². The number of methoxy groups -OCH3 is 1. The van der Waals surface area contributed by atoms with Crippen LogP contribution in [-0.2, 0) is 9.53 Å². The Morgan fingerprint density at radius 1 is 1.21 bits per heavy atom. The van der Waals surface area contributed by atoms with Gasteiger partial charge in [-0.1, -0.05) is 18.2 Å². The fraction of sp³-hybridized carbons (Fsp3) is 0.429. The molecule has 1 heterocycles. The molecule has 1 aromatic rings. The molecule has 1 fully saturated rings. The summed E-state index contributed by atoms with van der Waals surface area (Å²) in [6.45, 7) is 0.519. The number of hydrogen-bond donors (Lipinski definition) is 0. The van der Waals surface area contributed by atoms with E-state index in [0.29, 0.717) is 18.7 Å². The van der Waals surface area contributed by atoms with Crippen LogP contribution in [0.1, 0.15) is 19.3 Å². The average Bonchev–Trinajstić information content (AvgIpc) is 2.47. The fourth-order valence-electron chi connectivity index (χ4n) is 2.18. The lowest BCUT2D eigenvalue weighted by molar-refractivity contribution is -0.147. The molecule has 0 aliphatic carbocycles. The summed E-state index contributed by atoms with van der Waals surface area (Å²) >= 11 is 0. The quantitative estimate of drug-likeness (QED) is 0.768. The third-order valence-corrected chi connectivity index (χ3v) is 3.16. The van der Waals surface area contributed by atoms with Crippen LogP contribution >= 0.6 is 0 Å². The molecule has 19 heavy (non-hydrogen) atoms. The maximum Gasteiger partial charge on any atom is 0.415 e. The number of likely N-dealkylation sites (tertiary alicyclic amines) is 1. The molecule has 1 saturated heterocycles. The van der Waals surface area contributed by atoms with Crippen molar-refractivity contribution in [1.82, 2.24) is 4.90 Å². The van der Waals surface area contributed by atoms with E-state index in [0.717, 1.165) is 12.8 Å². The fourth-order valence-corrected chi connectivity index (χ4v) is 2.18. The highest BCUT2D eigenvalue weighted by molar-refractivity contribution is 5.82. The second kappa shape index (κ2) is 6.22.